The summed E-state index contributed by atoms with van der Waals surface area (Å²) < 4.78 is 51.7. The highest BCUT2D eigenvalue weighted by atomic mass is 32.2. The van der Waals surface area contributed by atoms with Crippen molar-refractivity contribution < 1.29 is 27.1 Å². The van der Waals surface area contributed by atoms with Gasteiger partial charge in [0.2, 0.25) is 15.9 Å². The molecule has 9 heteroatoms. The fraction of sp³-hybridized carbons (Fsp3) is 0.350. The Bertz CT molecular complexity index is 1000. The number of nitrogens with one attached hydrogen (secondary N) is 1. The number of aryl methyl sites for hydroxylation is 1. The molecule has 1 heterocycles. The maximum atomic E-state index is 13.9. The van der Waals surface area contributed by atoms with Crippen LogP contribution in [-0.4, -0.2) is 52.0 Å². The number of hydrogen-bond acceptors (Lipinski definition) is 5. The third kappa shape index (κ3) is 4.92. The third-order valence-corrected chi connectivity index (χ3v) is 6.50. The SMILES string of the molecule is COc1ccc(CC(=O)Nc2ccc(C)cc2F)cc1S(=O)(=O)N1CCOCC1. The second-order valence-corrected chi connectivity index (χ2v) is 8.62. The second-order valence-electron chi connectivity index (χ2n) is 6.71. The van der Waals surface area contributed by atoms with Gasteiger partial charge in [-0.15, -0.1) is 0 Å². The van der Waals surface area contributed by atoms with E-state index in [0.717, 1.165) is 5.56 Å². The van der Waals surface area contributed by atoms with Crippen molar-refractivity contribution in [3.05, 3.63) is 53.3 Å². The summed E-state index contributed by atoms with van der Waals surface area (Å²) in [4.78, 5) is 12.3. The molecule has 0 bridgehead atoms. The third-order valence-electron chi connectivity index (χ3n) is 4.58. The minimum atomic E-state index is -3.80. The molecule has 0 saturated carbocycles. The van der Waals surface area contributed by atoms with Crippen molar-refractivity contribution in [3.63, 3.8) is 0 Å². The molecule has 3 rings (SSSR count). The van der Waals surface area contributed by atoms with E-state index in [1.54, 1.807) is 19.1 Å². The first kappa shape index (κ1) is 21.2. The van der Waals surface area contributed by atoms with Crippen LogP contribution >= 0.6 is 0 Å². The first-order chi connectivity index (χ1) is 13.8. The summed E-state index contributed by atoms with van der Waals surface area (Å²) in [7, 11) is -2.41. The van der Waals surface area contributed by atoms with E-state index < -0.39 is 21.7 Å². The van der Waals surface area contributed by atoms with E-state index in [4.69, 9.17) is 9.47 Å². The van der Waals surface area contributed by atoms with Gasteiger partial charge in [0.25, 0.3) is 0 Å². The molecule has 0 spiro atoms. The first-order valence-corrected chi connectivity index (χ1v) is 10.6. The monoisotopic (exact) mass is 422 g/mol. The number of anilines is 1. The molecule has 0 aliphatic carbocycles. The van der Waals surface area contributed by atoms with Gasteiger partial charge >= 0.3 is 0 Å². The smallest absolute Gasteiger partial charge is 0.246 e. The number of amides is 1. The van der Waals surface area contributed by atoms with Crippen LogP contribution in [0.3, 0.4) is 0 Å². The molecule has 156 valence electrons. The molecule has 1 amide bonds. The van der Waals surface area contributed by atoms with Gasteiger partial charge < -0.3 is 14.8 Å². The first-order valence-electron chi connectivity index (χ1n) is 9.12. The van der Waals surface area contributed by atoms with Gasteiger partial charge in [0, 0.05) is 13.1 Å². The van der Waals surface area contributed by atoms with Gasteiger partial charge in [0.1, 0.15) is 16.5 Å². The molecule has 1 fully saturated rings. The summed E-state index contributed by atoms with van der Waals surface area (Å²) in [6.07, 6.45) is -0.108. The average Bonchev–Trinajstić information content (AvgIpc) is 2.70. The van der Waals surface area contributed by atoms with Crippen LogP contribution in [0.25, 0.3) is 0 Å². The Morgan fingerprint density at radius 1 is 1.21 bits per heavy atom. The number of benzene rings is 2. The van der Waals surface area contributed by atoms with Gasteiger partial charge in [-0.2, -0.15) is 4.31 Å². The fourth-order valence-electron chi connectivity index (χ4n) is 3.06. The van der Waals surface area contributed by atoms with E-state index >= 15 is 0 Å². The highest BCUT2D eigenvalue weighted by molar-refractivity contribution is 7.89. The summed E-state index contributed by atoms with van der Waals surface area (Å²) in [5.74, 6) is -0.776. The Labute approximate surface area is 169 Å². The van der Waals surface area contributed by atoms with E-state index in [-0.39, 0.29) is 35.8 Å². The topological polar surface area (TPSA) is 84.9 Å². The molecule has 0 aromatic heterocycles. The van der Waals surface area contributed by atoms with Crippen molar-refractivity contribution in [2.75, 3.05) is 38.7 Å². The molecule has 7 nitrogen and oxygen atoms in total. The molecule has 2 aromatic carbocycles. The summed E-state index contributed by atoms with van der Waals surface area (Å²) in [5, 5.41) is 2.51. The Hall–Kier alpha value is -2.49. The Morgan fingerprint density at radius 3 is 2.59 bits per heavy atom. The molecule has 0 atom stereocenters. The molecule has 1 saturated heterocycles. The zero-order chi connectivity index (χ0) is 21.0. The molecule has 29 heavy (non-hydrogen) atoms. The largest absolute Gasteiger partial charge is 0.495 e. The highest BCUT2D eigenvalue weighted by Gasteiger charge is 2.29. The van der Waals surface area contributed by atoms with Crippen LogP contribution in [0.1, 0.15) is 11.1 Å². The van der Waals surface area contributed by atoms with Crippen LogP contribution in [0.4, 0.5) is 10.1 Å². The maximum absolute atomic E-state index is 13.9. The van der Waals surface area contributed by atoms with E-state index in [1.165, 1.54) is 35.7 Å². The Balaban J connectivity index is 1.81. The predicted molar refractivity (Wildman–Crippen MR) is 106 cm³/mol. The minimum absolute atomic E-state index is 0.00582. The molecule has 1 N–H and O–H groups in total. The number of ether oxygens (including phenoxy) is 2. The molecular weight excluding hydrogens is 399 g/mol. The van der Waals surface area contributed by atoms with Crippen LogP contribution in [-0.2, 0) is 26.0 Å². The average molecular weight is 422 g/mol. The van der Waals surface area contributed by atoms with Crippen molar-refractivity contribution in [2.24, 2.45) is 0 Å². The zero-order valence-corrected chi connectivity index (χ0v) is 17.1. The van der Waals surface area contributed by atoms with Crippen molar-refractivity contribution in [2.45, 2.75) is 18.2 Å². The number of sulfonamides is 1. The standard InChI is InChI=1S/C20H23FN2O5S/c1-14-3-5-17(16(21)11-14)22-20(24)13-15-4-6-18(27-2)19(12-15)29(25,26)23-7-9-28-10-8-23/h3-6,11-12H,7-10,13H2,1-2H3,(H,22,24). The highest BCUT2D eigenvalue weighted by Crippen LogP contribution is 2.28. The molecule has 0 unspecified atom stereocenters. The second kappa shape index (κ2) is 8.89. The normalized spacial score (nSPS) is 15.1. The summed E-state index contributed by atoms with van der Waals surface area (Å²) in [6, 6.07) is 9.07. The maximum Gasteiger partial charge on any atom is 0.246 e. The zero-order valence-electron chi connectivity index (χ0n) is 16.3. The molecule has 0 radical (unpaired) electrons. The summed E-state index contributed by atoms with van der Waals surface area (Å²) >= 11 is 0. The molecule has 2 aromatic rings. The number of methoxy groups -OCH3 is 1. The van der Waals surface area contributed by atoms with E-state index in [0.29, 0.717) is 18.8 Å². The van der Waals surface area contributed by atoms with E-state index in [9.17, 15) is 17.6 Å². The lowest BCUT2D eigenvalue weighted by molar-refractivity contribution is -0.115. The van der Waals surface area contributed by atoms with Crippen LogP contribution in [0.5, 0.6) is 5.75 Å². The van der Waals surface area contributed by atoms with Crippen LogP contribution in [0.2, 0.25) is 0 Å². The van der Waals surface area contributed by atoms with Crippen molar-refractivity contribution >= 4 is 21.6 Å². The van der Waals surface area contributed by atoms with Gasteiger partial charge in [-0.3, -0.25) is 4.79 Å². The number of halogens is 1. The number of rotatable bonds is 6. The quantitative estimate of drug-likeness (QED) is 0.773. The van der Waals surface area contributed by atoms with Gasteiger partial charge in [-0.25, -0.2) is 12.8 Å². The number of nitrogens with zero attached hydrogens (tertiary/aromatic N) is 1. The summed E-state index contributed by atoms with van der Waals surface area (Å²) in [6.45, 7) is 2.91. The lowest BCUT2D eigenvalue weighted by Crippen LogP contribution is -2.40. The fourth-order valence-corrected chi connectivity index (χ4v) is 4.67. The number of carbonyl (C=O) groups excluding carboxylic acids is 1. The van der Waals surface area contributed by atoms with Crippen molar-refractivity contribution in [1.29, 1.82) is 0 Å². The van der Waals surface area contributed by atoms with Gasteiger partial charge in [-0.05, 0) is 42.3 Å². The van der Waals surface area contributed by atoms with Gasteiger partial charge in [-0.1, -0.05) is 12.1 Å². The van der Waals surface area contributed by atoms with Crippen LogP contribution in [0, 0.1) is 12.7 Å². The minimum Gasteiger partial charge on any atom is -0.495 e. The van der Waals surface area contributed by atoms with Gasteiger partial charge in [0.05, 0.1) is 32.4 Å². The van der Waals surface area contributed by atoms with Gasteiger partial charge in [0.15, 0.2) is 0 Å². The molecular formula is C20H23FN2O5S. The Kier molecular flexibility index (Phi) is 6.51. The van der Waals surface area contributed by atoms with E-state index in [2.05, 4.69) is 5.32 Å². The number of carbonyl (C=O) groups is 1. The van der Waals surface area contributed by atoms with Crippen LogP contribution < -0.4 is 10.1 Å². The lowest BCUT2D eigenvalue weighted by Gasteiger charge is -2.26. The number of morpholine rings is 1. The predicted octanol–water partition coefficient (Wildman–Crippen LogP) is 2.34. The van der Waals surface area contributed by atoms with E-state index in [1.807, 2.05) is 0 Å². The molecule has 1 aliphatic heterocycles. The van der Waals surface area contributed by atoms with Crippen molar-refractivity contribution in [3.8, 4) is 5.75 Å². The Morgan fingerprint density at radius 2 is 1.93 bits per heavy atom. The van der Waals surface area contributed by atoms with Crippen molar-refractivity contribution in [1.82, 2.24) is 4.31 Å². The summed E-state index contributed by atoms with van der Waals surface area (Å²) in [5.41, 5.74) is 1.30. The number of hydrogen-bond donors (Lipinski definition) is 1. The molecule has 1 aliphatic rings. The van der Waals surface area contributed by atoms with Crippen LogP contribution in [0.15, 0.2) is 41.3 Å². The lowest BCUT2D eigenvalue weighted by atomic mass is 10.1.